The standard InChI is InChI=1S/C27H25N3O3S/c31-25(18-33-27(32)19-34-26-17-29-23-13-7-8-14-24(23)30-26)28-16-15-22(20-9-3-1-4-10-20)21-11-5-2-6-12-21/h1-14,17,22H,15-16,18-19H2,(H,28,31). The summed E-state index contributed by atoms with van der Waals surface area (Å²) in [6, 6.07) is 28.0. The molecule has 1 N–H and O–H groups in total. The Morgan fingerprint density at radius 2 is 1.47 bits per heavy atom. The van der Waals surface area contributed by atoms with Crippen molar-refractivity contribution >= 4 is 34.7 Å². The quantitative estimate of drug-likeness (QED) is 0.269. The highest BCUT2D eigenvalue weighted by Gasteiger charge is 2.15. The summed E-state index contributed by atoms with van der Waals surface area (Å²) < 4.78 is 5.12. The number of para-hydroxylation sites is 2. The molecule has 0 saturated heterocycles. The fourth-order valence-corrected chi connectivity index (χ4v) is 4.27. The Morgan fingerprint density at radius 1 is 0.853 bits per heavy atom. The van der Waals surface area contributed by atoms with Crippen LogP contribution in [-0.2, 0) is 14.3 Å². The fourth-order valence-electron chi connectivity index (χ4n) is 3.63. The van der Waals surface area contributed by atoms with Crippen molar-refractivity contribution in [1.82, 2.24) is 15.3 Å². The van der Waals surface area contributed by atoms with Gasteiger partial charge in [0.1, 0.15) is 5.03 Å². The summed E-state index contributed by atoms with van der Waals surface area (Å²) in [4.78, 5) is 33.1. The first-order valence-corrected chi connectivity index (χ1v) is 12.0. The van der Waals surface area contributed by atoms with Gasteiger partial charge in [0.15, 0.2) is 6.61 Å². The highest BCUT2D eigenvalue weighted by Crippen LogP contribution is 2.27. The van der Waals surface area contributed by atoms with E-state index in [4.69, 9.17) is 4.74 Å². The van der Waals surface area contributed by atoms with E-state index in [-0.39, 0.29) is 24.2 Å². The van der Waals surface area contributed by atoms with E-state index in [0.29, 0.717) is 11.6 Å². The molecule has 1 heterocycles. The monoisotopic (exact) mass is 471 g/mol. The van der Waals surface area contributed by atoms with Crippen LogP contribution in [0, 0.1) is 0 Å². The molecule has 172 valence electrons. The largest absolute Gasteiger partial charge is 0.455 e. The minimum Gasteiger partial charge on any atom is -0.455 e. The number of esters is 1. The number of benzene rings is 3. The Kier molecular flexibility index (Phi) is 8.24. The van der Waals surface area contributed by atoms with E-state index in [1.165, 1.54) is 22.9 Å². The van der Waals surface area contributed by atoms with Gasteiger partial charge in [-0.2, -0.15) is 0 Å². The molecule has 0 unspecified atom stereocenters. The summed E-state index contributed by atoms with van der Waals surface area (Å²) in [7, 11) is 0. The summed E-state index contributed by atoms with van der Waals surface area (Å²) in [5.41, 5.74) is 3.96. The van der Waals surface area contributed by atoms with Crippen LogP contribution >= 0.6 is 11.8 Å². The molecule has 34 heavy (non-hydrogen) atoms. The van der Waals surface area contributed by atoms with Crippen molar-refractivity contribution in [3.8, 4) is 0 Å². The van der Waals surface area contributed by atoms with Gasteiger partial charge >= 0.3 is 5.97 Å². The van der Waals surface area contributed by atoms with Crippen molar-refractivity contribution in [1.29, 1.82) is 0 Å². The van der Waals surface area contributed by atoms with Crippen LogP contribution in [0.3, 0.4) is 0 Å². The molecule has 3 aromatic carbocycles. The number of fused-ring (bicyclic) bond motifs is 1. The van der Waals surface area contributed by atoms with Gasteiger partial charge in [-0.1, -0.05) is 84.6 Å². The van der Waals surface area contributed by atoms with Crippen molar-refractivity contribution in [3.05, 3.63) is 102 Å². The Balaban J connectivity index is 1.21. The van der Waals surface area contributed by atoms with Crippen molar-refractivity contribution in [3.63, 3.8) is 0 Å². The molecule has 1 amide bonds. The summed E-state index contributed by atoms with van der Waals surface area (Å²) in [6.45, 7) is 0.177. The lowest BCUT2D eigenvalue weighted by molar-refractivity contribution is -0.145. The number of aromatic nitrogens is 2. The molecular weight excluding hydrogens is 446 g/mol. The number of nitrogens with zero attached hydrogens (tertiary/aromatic N) is 2. The van der Waals surface area contributed by atoms with Crippen molar-refractivity contribution < 1.29 is 14.3 Å². The molecule has 4 aromatic rings. The maximum atomic E-state index is 12.2. The number of hydrogen-bond donors (Lipinski definition) is 1. The van der Waals surface area contributed by atoms with Crippen molar-refractivity contribution in [2.75, 3.05) is 18.9 Å². The molecule has 0 radical (unpaired) electrons. The molecule has 0 aliphatic heterocycles. The van der Waals surface area contributed by atoms with Crippen LogP contribution in [0.15, 0.2) is 96.2 Å². The molecule has 6 nitrogen and oxygen atoms in total. The predicted molar refractivity (Wildman–Crippen MR) is 134 cm³/mol. The number of rotatable bonds is 10. The molecule has 7 heteroatoms. The zero-order valence-corrected chi connectivity index (χ0v) is 19.4. The van der Waals surface area contributed by atoms with Gasteiger partial charge in [-0.3, -0.25) is 14.6 Å². The smallest absolute Gasteiger partial charge is 0.316 e. The molecule has 4 rings (SSSR count). The number of amides is 1. The molecule has 0 atom stereocenters. The molecule has 0 spiro atoms. The third kappa shape index (κ3) is 6.65. The van der Waals surface area contributed by atoms with E-state index < -0.39 is 5.97 Å². The molecule has 0 fully saturated rings. The van der Waals surface area contributed by atoms with E-state index in [0.717, 1.165) is 17.5 Å². The lowest BCUT2D eigenvalue weighted by Crippen LogP contribution is -2.30. The Hall–Kier alpha value is -3.71. The number of nitrogens with one attached hydrogen (secondary N) is 1. The number of carbonyl (C=O) groups excluding carboxylic acids is 2. The topological polar surface area (TPSA) is 81.2 Å². The van der Waals surface area contributed by atoms with Gasteiger partial charge in [0.25, 0.3) is 5.91 Å². The van der Waals surface area contributed by atoms with Crippen LogP contribution in [0.4, 0.5) is 0 Å². The minimum atomic E-state index is -0.471. The zero-order valence-electron chi connectivity index (χ0n) is 18.6. The highest BCUT2D eigenvalue weighted by molar-refractivity contribution is 7.99. The van der Waals surface area contributed by atoms with Gasteiger partial charge < -0.3 is 10.1 Å². The van der Waals surface area contributed by atoms with Gasteiger partial charge in [-0.25, -0.2) is 4.98 Å². The zero-order chi connectivity index (χ0) is 23.6. The molecule has 0 aliphatic carbocycles. The van der Waals surface area contributed by atoms with Gasteiger partial charge in [0, 0.05) is 12.5 Å². The van der Waals surface area contributed by atoms with E-state index in [1.54, 1.807) is 6.20 Å². The van der Waals surface area contributed by atoms with Crippen LogP contribution in [0.1, 0.15) is 23.5 Å². The molecule has 0 bridgehead atoms. The second-order valence-corrected chi connectivity index (χ2v) is 8.65. The van der Waals surface area contributed by atoms with Crippen LogP contribution in [-0.4, -0.2) is 40.7 Å². The van der Waals surface area contributed by atoms with E-state index in [2.05, 4.69) is 39.6 Å². The van der Waals surface area contributed by atoms with Gasteiger partial charge in [-0.15, -0.1) is 0 Å². The number of ether oxygens (including phenoxy) is 1. The maximum Gasteiger partial charge on any atom is 0.316 e. The van der Waals surface area contributed by atoms with Crippen LogP contribution in [0.5, 0.6) is 0 Å². The van der Waals surface area contributed by atoms with E-state index in [1.807, 2.05) is 60.7 Å². The van der Waals surface area contributed by atoms with Crippen LogP contribution in [0.25, 0.3) is 11.0 Å². The lowest BCUT2D eigenvalue weighted by atomic mass is 9.88. The molecular formula is C27H25N3O3S. The average molecular weight is 472 g/mol. The molecule has 0 saturated carbocycles. The van der Waals surface area contributed by atoms with E-state index in [9.17, 15) is 9.59 Å². The normalized spacial score (nSPS) is 10.9. The Morgan fingerprint density at radius 3 is 2.15 bits per heavy atom. The maximum absolute atomic E-state index is 12.2. The second-order valence-electron chi connectivity index (χ2n) is 7.66. The van der Waals surface area contributed by atoms with Crippen LogP contribution in [0.2, 0.25) is 0 Å². The third-order valence-corrected chi connectivity index (χ3v) is 6.16. The Labute approximate surface area is 202 Å². The summed E-state index contributed by atoms with van der Waals surface area (Å²) >= 11 is 1.23. The third-order valence-electron chi connectivity index (χ3n) is 5.29. The van der Waals surface area contributed by atoms with Crippen molar-refractivity contribution in [2.24, 2.45) is 0 Å². The van der Waals surface area contributed by atoms with Gasteiger partial charge in [0.2, 0.25) is 0 Å². The first-order chi connectivity index (χ1) is 16.7. The molecule has 1 aromatic heterocycles. The van der Waals surface area contributed by atoms with Gasteiger partial charge in [0.05, 0.1) is 23.0 Å². The SMILES string of the molecule is O=C(COC(=O)CSc1cnc2ccccc2n1)NCCC(c1ccccc1)c1ccccc1. The number of hydrogen-bond acceptors (Lipinski definition) is 6. The summed E-state index contributed by atoms with van der Waals surface area (Å²) in [5, 5.41) is 3.49. The van der Waals surface area contributed by atoms with Crippen molar-refractivity contribution in [2.45, 2.75) is 17.4 Å². The highest BCUT2D eigenvalue weighted by atomic mass is 32.2. The van der Waals surface area contributed by atoms with Crippen LogP contribution < -0.4 is 5.32 Å². The Bertz CT molecular complexity index is 1200. The van der Waals surface area contributed by atoms with Gasteiger partial charge in [-0.05, 0) is 29.7 Å². The molecule has 0 aliphatic rings. The minimum absolute atomic E-state index is 0.0599. The first-order valence-electron chi connectivity index (χ1n) is 11.1. The average Bonchev–Trinajstić information content (AvgIpc) is 2.89. The number of thioether (sulfide) groups is 1. The number of carbonyl (C=O) groups is 2. The summed E-state index contributed by atoms with van der Waals surface area (Å²) in [5.74, 6) is -0.556. The summed E-state index contributed by atoms with van der Waals surface area (Å²) in [6.07, 6.45) is 2.37. The lowest BCUT2D eigenvalue weighted by Gasteiger charge is -2.18. The van der Waals surface area contributed by atoms with E-state index >= 15 is 0 Å². The second kappa shape index (κ2) is 12.0. The first kappa shape index (κ1) is 23.4. The fraction of sp³-hybridized carbons (Fsp3) is 0.185. The predicted octanol–water partition coefficient (Wildman–Crippen LogP) is 4.60.